The van der Waals surface area contributed by atoms with E-state index in [9.17, 15) is 0 Å². The first kappa shape index (κ1) is 74.2. The molecule has 0 fully saturated rings. The monoisotopic (exact) mass is 1450 g/mol. The van der Waals surface area contributed by atoms with Crippen molar-refractivity contribution in [1.82, 2.24) is 0 Å². The molecule has 0 amide bonds. The van der Waals surface area contributed by atoms with Gasteiger partial charge in [-0.3, -0.25) is 0 Å². The van der Waals surface area contributed by atoms with Gasteiger partial charge in [-0.05, 0) is 168 Å². The number of rotatable bonds is 10. The van der Waals surface area contributed by atoms with E-state index in [0.717, 1.165) is 0 Å². The molecule has 106 heavy (non-hydrogen) atoms. The van der Waals surface area contributed by atoms with E-state index in [1.165, 1.54) is 159 Å². The van der Waals surface area contributed by atoms with Gasteiger partial charge in [0.2, 0.25) is 0 Å². The molecule has 0 aliphatic rings. The van der Waals surface area contributed by atoms with E-state index in [0.29, 0.717) is 35.5 Å². The van der Waals surface area contributed by atoms with Gasteiger partial charge in [-0.1, -0.05) is 356 Å². The number of hydrogen-bond acceptors (Lipinski definition) is 4. The minimum absolute atomic E-state index is 0.483. The van der Waals surface area contributed by atoms with Crippen molar-refractivity contribution < 1.29 is 0 Å². The standard InChI is InChI=1S/2C21H20.4C15H14S/c1-16(2)21-19(17-10-5-3-6-11-17)14-9-15-20(21)18-12-7-4-8-13-18;1-16(2)19-13-20(17-9-5-3-6-10-17)15-21(14-19)18-11-7-4-8-12-18;1-10(2)11-7-5-8-13-12-6-3-4-9-14(12)16-15(11)13;1-10(2)11-7-5-9-14-15(11)12-6-3-4-8-13(12)16-14;1-10(2)11-7-8-15-13(9-11)12-5-3-4-6-14(12)16-15;1-10(2)11-7-8-13-12-5-3-4-6-14(12)16-15(13)9-11/h2*3-16H,1-2H3;4*3-10H,1-2H3. The topological polar surface area (TPSA) is 0 Å². The molecule has 4 aromatic heterocycles. The molecular weight excluding hydrogens is 1350 g/mol. The third-order valence-electron chi connectivity index (χ3n) is 19.9. The van der Waals surface area contributed by atoms with E-state index >= 15 is 0 Å². The van der Waals surface area contributed by atoms with Gasteiger partial charge in [-0.15, -0.1) is 45.3 Å². The summed E-state index contributed by atoms with van der Waals surface area (Å²) in [5.74, 6) is 3.39. The largest absolute Gasteiger partial charge is 0.135 e. The molecule has 0 nitrogen and oxygen atoms in total. The second-order valence-corrected chi connectivity index (χ2v) is 33.7. The van der Waals surface area contributed by atoms with Crippen LogP contribution >= 0.6 is 45.3 Å². The maximum Gasteiger partial charge on any atom is 0.0390 e. The lowest BCUT2D eigenvalue weighted by Gasteiger charge is -2.18. The Balaban J connectivity index is 0.000000113. The van der Waals surface area contributed by atoms with Gasteiger partial charge in [0, 0.05) is 80.7 Å². The van der Waals surface area contributed by atoms with Gasteiger partial charge in [0.25, 0.3) is 0 Å². The average molecular weight is 1450 g/mol. The fourth-order valence-electron chi connectivity index (χ4n) is 14.2. The van der Waals surface area contributed by atoms with Crippen LogP contribution in [0.3, 0.4) is 0 Å². The minimum atomic E-state index is 0.483. The van der Waals surface area contributed by atoms with Crippen LogP contribution in [-0.2, 0) is 0 Å². The Labute approximate surface area is 645 Å². The summed E-state index contributed by atoms with van der Waals surface area (Å²) in [5.41, 5.74) is 19.0. The molecule has 14 aromatic carbocycles. The summed E-state index contributed by atoms with van der Waals surface area (Å²) in [5, 5.41) is 11.3. The average Bonchev–Trinajstić information content (AvgIpc) is 1.70. The van der Waals surface area contributed by atoms with Crippen molar-refractivity contribution in [3.8, 4) is 44.5 Å². The highest BCUT2D eigenvalue weighted by atomic mass is 32.1. The van der Waals surface area contributed by atoms with E-state index in [1.54, 1.807) is 0 Å². The Bertz CT molecular complexity index is 5760. The lowest BCUT2D eigenvalue weighted by Crippen LogP contribution is -1.96. The third-order valence-corrected chi connectivity index (χ3v) is 24.6. The summed E-state index contributed by atoms with van der Waals surface area (Å²) >= 11 is 7.59. The van der Waals surface area contributed by atoms with Crippen molar-refractivity contribution in [1.29, 1.82) is 0 Å². The Kier molecular flexibility index (Phi) is 24.1. The van der Waals surface area contributed by atoms with Crippen molar-refractivity contribution in [2.45, 2.75) is 119 Å². The molecular formula is C102H96S4. The molecule has 0 saturated heterocycles. The molecule has 18 rings (SSSR count). The van der Waals surface area contributed by atoms with Crippen molar-refractivity contribution >= 4 is 126 Å². The molecule has 0 spiro atoms. The molecule has 528 valence electrons. The van der Waals surface area contributed by atoms with Crippen molar-refractivity contribution in [2.24, 2.45) is 0 Å². The second kappa shape index (κ2) is 34.5. The predicted molar refractivity (Wildman–Crippen MR) is 476 cm³/mol. The lowest BCUT2D eigenvalue weighted by atomic mass is 9.86. The lowest BCUT2D eigenvalue weighted by molar-refractivity contribution is 0.867. The third kappa shape index (κ3) is 17.1. The molecule has 0 atom stereocenters. The minimum Gasteiger partial charge on any atom is -0.135 e. The van der Waals surface area contributed by atoms with Gasteiger partial charge in [-0.25, -0.2) is 0 Å². The number of thiophene rings is 4. The molecule has 0 aliphatic heterocycles. The van der Waals surface area contributed by atoms with Crippen LogP contribution in [0.25, 0.3) is 125 Å². The van der Waals surface area contributed by atoms with Crippen LogP contribution in [-0.4, -0.2) is 0 Å². The highest BCUT2D eigenvalue weighted by Gasteiger charge is 2.17. The maximum atomic E-state index is 2.35. The highest BCUT2D eigenvalue weighted by molar-refractivity contribution is 7.27. The molecule has 0 bridgehead atoms. The first-order valence-corrected chi connectivity index (χ1v) is 41.0. The maximum absolute atomic E-state index is 2.35. The van der Waals surface area contributed by atoms with Gasteiger partial charge >= 0.3 is 0 Å². The number of fused-ring (bicyclic) bond motifs is 12. The number of benzene rings is 14. The van der Waals surface area contributed by atoms with Gasteiger partial charge in [-0.2, -0.15) is 0 Å². The van der Waals surface area contributed by atoms with Crippen LogP contribution in [0.1, 0.15) is 152 Å². The smallest absolute Gasteiger partial charge is 0.0390 e. The Morgan fingerprint density at radius 3 is 1.06 bits per heavy atom. The van der Waals surface area contributed by atoms with E-state index < -0.39 is 0 Å². The van der Waals surface area contributed by atoms with Crippen LogP contribution in [0.5, 0.6) is 0 Å². The summed E-state index contributed by atoms with van der Waals surface area (Å²) in [7, 11) is 0. The fourth-order valence-corrected chi connectivity index (χ4v) is 19.0. The van der Waals surface area contributed by atoms with E-state index in [2.05, 4.69) is 411 Å². The molecule has 0 unspecified atom stereocenters. The molecule has 0 N–H and O–H groups in total. The molecule has 18 aromatic rings. The van der Waals surface area contributed by atoms with Crippen molar-refractivity contribution in [3.05, 3.63) is 361 Å². The van der Waals surface area contributed by atoms with Gasteiger partial charge in [0.15, 0.2) is 0 Å². The first-order chi connectivity index (χ1) is 51.6. The van der Waals surface area contributed by atoms with Crippen LogP contribution in [0.4, 0.5) is 0 Å². The van der Waals surface area contributed by atoms with Gasteiger partial charge in [0.05, 0.1) is 0 Å². The van der Waals surface area contributed by atoms with Gasteiger partial charge in [0.1, 0.15) is 0 Å². The molecule has 4 heteroatoms. The summed E-state index contributed by atoms with van der Waals surface area (Å²) in [6.45, 7) is 27.1. The van der Waals surface area contributed by atoms with Crippen LogP contribution < -0.4 is 0 Å². The molecule has 0 radical (unpaired) electrons. The SMILES string of the molecule is CC(C)c1c(-c2ccccc2)cccc1-c1ccccc1.CC(C)c1cc(-c2ccccc2)cc(-c2ccccc2)c1.CC(C)c1ccc2c(c1)sc1ccccc12.CC(C)c1ccc2sc3ccccc3c2c1.CC(C)c1cccc2c1sc1ccccc12.CC(C)c1cccc2sc3ccccc3c12. The zero-order valence-electron chi connectivity index (χ0n) is 63.3. The molecule has 0 aliphatic carbocycles. The Morgan fingerprint density at radius 1 is 0.189 bits per heavy atom. The van der Waals surface area contributed by atoms with Crippen molar-refractivity contribution in [2.75, 3.05) is 0 Å². The molecule has 4 heterocycles. The normalized spacial score (nSPS) is 11.3. The zero-order valence-corrected chi connectivity index (χ0v) is 66.5. The summed E-state index contributed by atoms with van der Waals surface area (Å²) in [6.07, 6.45) is 0. The first-order valence-electron chi connectivity index (χ1n) is 37.7. The predicted octanol–water partition coefficient (Wildman–Crippen LogP) is 33.0. The van der Waals surface area contributed by atoms with Gasteiger partial charge < -0.3 is 0 Å². The summed E-state index contributed by atoms with van der Waals surface area (Å²) in [4.78, 5) is 0. The van der Waals surface area contributed by atoms with Crippen molar-refractivity contribution in [3.63, 3.8) is 0 Å². The fraction of sp³-hybridized carbons (Fsp3) is 0.176. The Hall–Kier alpha value is -10.0. The Morgan fingerprint density at radius 2 is 0.547 bits per heavy atom. The zero-order chi connectivity index (χ0) is 73.8. The van der Waals surface area contributed by atoms with Crippen LogP contribution in [0, 0.1) is 0 Å². The molecule has 0 saturated carbocycles. The van der Waals surface area contributed by atoms with Crippen LogP contribution in [0.15, 0.2) is 328 Å². The number of hydrogen-bond donors (Lipinski definition) is 0. The highest BCUT2D eigenvalue weighted by Crippen LogP contribution is 2.43. The summed E-state index contributed by atoms with van der Waals surface area (Å²) < 4.78 is 11.2. The van der Waals surface area contributed by atoms with E-state index in [-0.39, 0.29) is 0 Å². The van der Waals surface area contributed by atoms with Crippen LogP contribution in [0.2, 0.25) is 0 Å². The van der Waals surface area contributed by atoms with E-state index in [4.69, 9.17) is 0 Å². The van der Waals surface area contributed by atoms with E-state index in [1.807, 2.05) is 45.3 Å². The quantitative estimate of drug-likeness (QED) is 0.128. The summed E-state index contributed by atoms with van der Waals surface area (Å²) in [6, 6.07) is 118. The second-order valence-electron chi connectivity index (χ2n) is 29.4.